The van der Waals surface area contributed by atoms with Crippen LogP contribution in [0.1, 0.15) is 60.3 Å². The summed E-state index contributed by atoms with van der Waals surface area (Å²) in [6.45, 7) is 4.21. The van der Waals surface area contributed by atoms with Crippen LogP contribution in [0.5, 0.6) is 0 Å². The molecule has 1 aromatic carbocycles. The monoisotopic (exact) mass is 270 g/mol. The molecule has 1 aromatic heterocycles. The van der Waals surface area contributed by atoms with Crippen molar-refractivity contribution in [3.8, 4) is 0 Å². The minimum atomic E-state index is -0.214. The van der Waals surface area contributed by atoms with Crippen LogP contribution in [0.25, 0.3) is 0 Å². The Morgan fingerprint density at radius 3 is 2.80 bits per heavy atom. The number of benzene rings is 1. The third kappa shape index (κ3) is 2.59. The molecule has 4 heteroatoms. The second-order valence-corrected chi connectivity index (χ2v) is 5.58. The zero-order chi connectivity index (χ0) is 14.1. The normalized spacial score (nSPS) is 14.6. The van der Waals surface area contributed by atoms with E-state index in [1.165, 1.54) is 0 Å². The highest BCUT2D eigenvalue weighted by atomic mass is 16.5. The van der Waals surface area contributed by atoms with Crippen LogP contribution in [0, 0.1) is 0 Å². The summed E-state index contributed by atoms with van der Waals surface area (Å²) in [6.07, 6.45) is 2.26. The van der Waals surface area contributed by atoms with Crippen molar-refractivity contribution in [2.75, 3.05) is 5.32 Å². The quantitative estimate of drug-likeness (QED) is 0.915. The van der Waals surface area contributed by atoms with Crippen molar-refractivity contribution in [2.45, 2.75) is 38.5 Å². The molecule has 1 amide bonds. The second-order valence-electron chi connectivity index (χ2n) is 5.58. The van der Waals surface area contributed by atoms with E-state index in [9.17, 15) is 4.79 Å². The molecule has 1 N–H and O–H groups in total. The highest BCUT2D eigenvalue weighted by Crippen LogP contribution is 2.40. The molecule has 1 aliphatic rings. The molecule has 1 fully saturated rings. The van der Waals surface area contributed by atoms with Crippen molar-refractivity contribution in [1.29, 1.82) is 0 Å². The molecule has 0 radical (unpaired) electrons. The summed E-state index contributed by atoms with van der Waals surface area (Å²) in [6, 6.07) is 9.59. The Bertz CT molecular complexity index is 627. The zero-order valence-corrected chi connectivity index (χ0v) is 11.7. The van der Waals surface area contributed by atoms with Gasteiger partial charge in [0.15, 0.2) is 5.69 Å². The lowest BCUT2D eigenvalue weighted by atomic mass is 10.0. The van der Waals surface area contributed by atoms with Gasteiger partial charge in [-0.15, -0.1) is 0 Å². The van der Waals surface area contributed by atoms with Gasteiger partial charge < -0.3 is 9.84 Å². The van der Waals surface area contributed by atoms with E-state index in [0.29, 0.717) is 17.5 Å². The summed E-state index contributed by atoms with van der Waals surface area (Å²) in [5, 5.41) is 6.78. The van der Waals surface area contributed by atoms with Gasteiger partial charge in [0, 0.05) is 17.7 Å². The first-order chi connectivity index (χ1) is 9.65. The van der Waals surface area contributed by atoms with Crippen LogP contribution in [0.3, 0.4) is 0 Å². The average Bonchev–Trinajstić information content (AvgIpc) is 3.16. The molecule has 1 heterocycles. The van der Waals surface area contributed by atoms with Gasteiger partial charge in [-0.3, -0.25) is 4.79 Å². The topological polar surface area (TPSA) is 55.1 Å². The van der Waals surface area contributed by atoms with Gasteiger partial charge in [-0.1, -0.05) is 37.2 Å². The average molecular weight is 270 g/mol. The van der Waals surface area contributed by atoms with Gasteiger partial charge in [-0.25, -0.2) is 0 Å². The van der Waals surface area contributed by atoms with Crippen LogP contribution in [0.2, 0.25) is 0 Å². The summed E-state index contributed by atoms with van der Waals surface area (Å²) in [5.41, 5.74) is 2.31. The number of para-hydroxylation sites is 1. The standard InChI is InChI=1S/C16H18N2O2/c1-10(2)12-5-3-4-6-13(12)17-16(19)14-9-15(20-18-14)11-7-8-11/h3-6,9-11H,7-8H2,1-2H3,(H,17,19). The van der Waals surface area contributed by atoms with E-state index >= 15 is 0 Å². The third-order valence-corrected chi connectivity index (χ3v) is 3.57. The van der Waals surface area contributed by atoms with Crippen LogP contribution in [0.15, 0.2) is 34.9 Å². The minimum absolute atomic E-state index is 0.214. The number of rotatable bonds is 4. The number of hydrogen-bond acceptors (Lipinski definition) is 3. The van der Waals surface area contributed by atoms with Gasteiger partial charge >= 0.3 is 0 Å². The smallest absolute Gasteiger partial charge is 0.277 e. The number of aromatic nitrogens is 1. The molecule has 0 atom stereocenters. The molecular weight excluding hydrogens is 252 g/mol. The zero-order valence-electron chi connectivity index (χ0n) is 11.7. The van der Waals surface area contributed by atoms with Crippen LogP contribution in [-0.4, -0.2) is 11.1 Å². The van der Waals surface area contributed by atoms with Gasteiger partial charge in [0.2, 0.25) is 0 Å². The number of amides is 1. The van der Waals surface area contributed by atoms with Crippen LogP contribution >= 0.6 is 0 Å². The molecule has 104 valence electrons. The molecule has 2 aromatic rings. The molecular formula is C16H18N2O2. The maximum Gasteiger partial charge on any atom is 0.277 e. The first kappa shape index (κ1) is 12.9. The summed E-state index contributed by atoms with van der Waals surface area (Å²) in [4.78, 5) is 12.2. The fourth-order valence-corrected chi connectivity index (χ4v) is 2.26. The van der Waals surface area contributed by atoms with E-state index < -0.39 is 0 Å². The Kier molecular flexibility index (Phi) is 3.30. The molecule has 1 aliphatic carbocycles. The lowest BCUT2D eigenvalue weighted by Crippen LogP contribution is -2.13. The largest absolute Gasteiger partial charge is 0.360 e. The van der Waals surface area contributed by atoms with Crippen LogP contribution in [-0.2, 0) is 0 Å². The lowest BCUT2D eigenvalue weighted by molar-refractivity contribution is 0.101. The molecule has 0 aliphatic heterocycles. The number of nitrogens with one attached hydrogen (secondary N) is 1. The predicted molar refractivity (Wildman–Crippen MR) is 77.0 cm³/mol. The highest BCUT2D eigenvalue weighted by molar-refractivity contribution is 6.03. The Morgan fingerprint density at radius 1 is 1.35 bits per heavy atom. The molecule has 3 rings (SSSR count). The fourth-order valence-electron chi connectivity index (χ4n) is 2.26. The van der Waals surface area contributed by atoms with Crippen LogP contribution in [0.4, 0.5) is 5.69 Å². The maximum atomic E-state index is 12.2. The SMILES string of the molecule is CC(C)c1ccccc1NC(=O)c1cc(C2CC2)on1. The van der Waals surface area contributed by atoms with E-state index in [4.69, 9.17) is 4.52 Å². The molecule has 1 saturated carbocycles. The molecule has 20 heavy (non-hydrogen) atoms. The lowest BCUT2D eigenvalue weighted by Gasteiger charge is -2.12. The molecule has 0 saturated heterocycles. The van der Waals surface area contributed by atoms with E-state index in [1.807, 2.05) is 24.3 Å². The van der Waals surface area contributed by atoms with E-state index in [1.54, 1.807) is 6.07 Å². The van der Waals surface area contributed by atoms with Gasteiger partial charge in [-0.2, -0.15) is 0 Å². The maximum absolute atomic E-state index is 12.2. The molecule has 0 unspecified atom stereocenters. The van der Waals surface area contributed by atoms with E-state index in [0.717, 1.165) is 29.9 Å². The summed E-state index contributed by atoms with van der Waals surface area (Å²) >= 11 is 0. The second kappa shape index (κ2) is 5.12. The Balaban J connectivity index is 1.78. The fraction of sp³-hybridized carbons (Fsp3) is 0.375. The van der Waals surface area contributed by atoms with Gasteiger partial charge in [0.25, 0.3) is 5.91 Å². The Hall–Kier alpha value is -2.10. The number of nitrogens with zero attached hydrogens (tertiary/aromatic N) is 1. The molecule has 4 nitrogen and oxygen atoms in total. The summed E-state index contributed by atoms with van der Waals surface area (Å²) in [5.74, 6) is 1.43. The summed E-state index contributed by atoms with van der Waals surface area (Å²) < 4.78 is 5.21. The third-order valence-electron chi connectivity index (χ3n) is 3.57. The van der Waals surface area contributed by atoms with Crippen LogP contribution < -0.4 is 5.32 Å². The van der Waals surface area contributed by atoms with Gasteiger partial charge in [0.1, 0.15) is 5.76 Å². The Labute approximate surface area is 118 Å². The van der Waals surface area contributed by atoms with Crippen molar-refractivity contribution in [2.24, 2.45) is 0 Å². The number of hydrogen-bond donors (Lipinski definition) is 1. The van der Waals surface area contributed by atoms with E-state index in [2.05, 4.69) is 24.3 Å². The molecule has 0 bridgehead atoms. The van der Waals surface area contributed by atoms with Gasteiger partial charge in [0.05, 0.1) is 0 Å². The summed E-state index contributed by atoms with van der Waals surface area (Å²) in [7, 11) is 0. The number of carbonyl (C=O) groups excluding carboxylic acids is 1. The van der Waals surface area contributed by atoms with Crippen molar-refractivity contribution in [1.82, 2.24) is 5.16 Å². The predicted octanol–water partition coefficient (Wildman–Crippen LogP) is 3.93. The first-order valence-electron chi connectivity index (χ1n) is 7.02. The van der Waals surface area contributed by atoms with E-state index in [-0.39, 0.29) is 5.91 Å². The van der Waals surface area contributed by atoms with Crippen molar-refractivity contribution < 1.29 is 9.32 Å². The van der Waals surface area contributed by atoms with Gasteiger partial charge in [-0.05, 0) is 30.4 Å². The van der Waals surface area contributed by atoms with Crippen molar-refractivity contribution >= 4 is 11.6 Å². The number of anilines is 1. The highest BCUT2D eigenvalue weighted by Gasteiger charge is 2.29. The Morgan fingerprint density at radius 2 is 2.10 bits per heavy atom. The minimum Gasteiger partial charge on any atom is -0.360 e. The van der Waals surface area contributed by atoms with Crippen molar-refractivity contribution in [3.63, 3.8) is 0 Å². The van der Waals surface area contributed by atoms with Crippen molar-refractivity contribution in [3.05, 3.63) is 47.3 Å². The first-order valence-corrected chi connectivity index (χ1v) is 7.02. The molecule has 0 spiro atoms. The number of carbonyl (C=O) groups is 1.